The van der Waals surface area contributed by atoms with Crippen molar-refractivity contribution in [3.05, 3.63) is 57.8 Å². The van der Waals surface area contributed by atoms with Gasteiger partial charge in [-0.05, 0) is 37.5 Å². The molecule has 1 amide bonds. The Morgan fingerprint density at radius 1 is 1.33 bits per heavy atom. The molecule has 3 nitrogen and oxygen atoms in total. The number of rotatable bonds is 6. The molecule has 2 heterocycles. The zero-order chi connectivity index (χ0) is 14.8. The fourth-order valence-corrected chi connectivity index (χ4v) is 3.65. The van der Waals surface area contributed by atoms with Crippen molar-refractivity contribution >= 4 is 17.2 Å². The van der Waals surface area contributed by atoms with Crippen LogP contribution in [0.25, 0.3) is 0 Å². The van der Waals surface area contributed by atoms with Crippen LogP contribution in [0.4, 0.5) is 0 Å². The van der Waals surface area contributed by atoms with E-state index in [-0.39, 0.29) is 5.91 Å². The monoisotopic (exact) mass is 300 g/mol. The number of benzene rings is 1. The third-order valence-electron chi connectivity index (χ3n) is 4.11. The fraction of sp³-hybridized carbons (Fsp3) is 0.353. The van der Waals surface area contributed by atoms with E-state index >= 15 is 0 Å². The second-order valence-electron chi connectivity index (χ2n) is 5.64. The van der Waals surface area contributed by atoms with Crippen molar-refractivity contribution in [3.63, 3.8) is 0 Å². The highest BCUT2D eigenvalue weighted by atomic mass is 32.1. The van der Waals surface area contributed by atoms with Crippen LogP contribution < -0.4 is 5.73 Å². The molecule has 3 rings (SSSR count). The zero-order valence-electron chi connectivity index (χ0n) is 12.2. The van der Waals surface area contributed by atoms with Crippen LogP contribution in [-0.4, -0.2) is 23.4 Å². The molecule has 0 radical (unpaired) electrons. The maximum Gasteiger partial charge on any atom is 0.258 e. The topological polar surface area (TPSA) is 46.1 Å². The Morgan fingerprint density at radius 3 is 2.76 bits per heavy atom. The normalized spacial score (nSPS) is 22.0. The Hall–Kier alpha value is -1.65. The summed E-state index contributed by atoms with van der Waals surface area (Å²) in [5.74, 6) is -0.325. The van der Waals surface area contributed by atoms with Crippen LogP contribution >= 0.6 is 11.3 Å². The van der Waals surface area contributed by atoms with Gasteiger partial charge in [0.15, 0.2) is 0 Å². The molecule has 0 saturated carbocycles. The number of carbonyl (C=O) groups excluding carboxylic acids is 1. The highest BCUT2D eigenvalue weighted by molar-refractivity contribution is 7.14. The first-order valence-corrected chi connectivity index (χ1v) is 8.16. The van der Waals surface area contributed by atoms with Gasteiger partial charge in [0.2, 0.25) is 0 Å². The number of aryl methyl sites for hydroxylation is 1. The first-order chi connectivity index (χ1) is 10.1. The number of carbonyl (C=O) groups is 1. The van der Waals surface area contributed by atoms with Crippen molar-refractivity contribution in [2.75, 3.05) is 6.54 Å². The lowest BCUT2D eigenvalue weighted by atomic mass is 10.1. The molecule has 1 aromatic heterocycles. The van der Waals surface area contributed by atoms with E-state index in [0.717, 1.165) is 19.4 Å². The number of primary amides is 1. The minimum atomic E-state index is -0.325. The van der Waals surface area contributed by atoms with Gasteiger partial charge in [-0.25, -0.2) is 0 Å². The largest absolute Gasteiger partial charge is 0.365 e. The highest BCUT2D eigenvalue weighted by Gasteiger charge is 2.38. The minimum Gasteiger partial charge on any atom is -0.365 e. The van der Waals surface area contributed by atoms with Gasteiger partial charge < -0.3 is 5.73 Å². The molecule has 110 valence electrons. The van der Waals surface area contributed by atoms with Crippen molar-refractivity contribution in [1.82, 2.24) is 4.90 Å². The average molecular weight is 300 g/mol. The van der Waals surface area contributed by atoms with Gasteiger partial charge in [-0.2, -0.15) is 0 Å². The van der Waals surface area contributed by atoms with E-state index in [1.165, 1.54) is 21.8 Å². The van der Waals surface area contributed by atoms with Gasteiger partial charge in [0, 0.05) is 23.5 Å². The molecule has 2 N–H and O–H groups in total. The van der Waals surface area contributed by atoms with Gasteiger partial charge in [0.05, 0.1) is 4.88 Å². The number of nitrogens with two attached hydrogens (primary N) is 1. The van der Waals surface area contributed by atoms with E-state index < -0.39 is 0 Å². The molecule has 1 aliphatic heterocycles. The smallest absolute Gasteiger partial charge is 0.258 e. The Balaban J connectivity index is 1.51. The van der Waals surface area contributed by atoms with Crippen molar-refractivity contribution in [3.8, 4) is 0 Å². The number of amides is 1. The molecule has 0 spiro atoms. The number of hydrogen-bond donors (Lipinski definition) is 1. The Labute approximate surface area is 129 Å². The minimum absolute atomic E-state index is 0.325. The maximum atomic E-state index is 11.1. The Bertz CT molecular complexity index is 623. The van der Waals surface area contributed by atoms with E-state index in [4.69, 9.17) is 5.73 Å². The Morgan fingerprint density at radius 2 is 2.10 bits per heavy atom. The molecular formula is C17H20N2OS. The Kier molecular flexibility index (Phi) is 4.08. The molecule has 1 fully saturated rings. The molecule has 4 heteroatoms. The number of hydrogen-bond acceptors (Lipinski definition) is 3. The summed E-state index contributed by atoms with van der Waals surface area (Å²) in [7, 11) is 0. The summed E-state index contributed by atoms with van der Waals surface area (Å²) in [4.78, 5) is 15.5. The number of nitrogens with zero attached hydrogens (tertiary/aromatic N) is 1. The van der Waals surface area contributed by atoms with Crippen molar-refractivity contribution < 1.29 is 4.79 Å². The van der Waals surface area contributed by atoms with Crippen LogP contribution in [-0.2, 0) is 6.42 Å². The van der Waals surface area contributed by atoms with E-state index in [0.29, 0.717) is 17.0 Å². The van der Waals surface area contributed by atoms with Gasteiger partial charge in [0.25, 0.3) is 5.91 Å². The third kappa shape index (κ3) is 3.34. The predicted molar refractivity (Wildman–Crippen MR) is 86.5 cm³/mol. The van der Waals surface area contributed by atoms with Gasteiger partial charge in [-0.15, -0.1) is 11.3 Å². The second kappa shape index (κ2) is 6.00. The summed E-state index contributed by atoms with van der Waals surface area (Å²) in [6.07, 6.45) is 2.12. The van der Waals surface area contributed by atoms with Gasteiger partial charge >= 0.3 is 0 Å². The first kappa shape index (κ1) is 14.3. The summed E-state index contributed by atoms with van der Waals surface area (Å²) < 4.78 is 0. The van der Waals surface area contributed by atoms with E-state index in [9.17, 15) is 4.79 Å². The average Bonchev–Trinajstić information content (AvgIpc) is 3.15. The molecule has 0 bridgehead atoms. The predicted octanol–water partition coefficient (Wildman–Crippen LogP) is 3.23. The molecular weight excluding hydrogens is 280 g/mol. The van der Waals surface area contributed by atoms with Gasteiger partial charge in [-0.3, -0.25) is 9.69 Å². The van der Waals surface area contributed by atoms with Crippen molar-refractivity contribution in [2.45, 2.75) is 31.8 Å². The molecule has 1 unspecified atom stereocenters. The molecule has 2 aromatic rings. The maximum absolute atomic E-state index is 11.1. The summed E-state index contributed by atoms with van der Waals surface area (Å²) in [6, 6.07) is 15.7. The van der Waals surface area contributed by atoms with Crippen LogP contribution in [0.15, 0.2) is 42.5 Å². The van der Waals surface area contributed by atoms with Crippen LogP contribution in [0.1, 0.15) is 39.5 Å². The van der Waals surface area contributed by atoms with Crippen LogP contribution in [0.5, 0.6) is 0 Å². The SMILES string of the molecule is C[C@H](CCc1ccc(C(N)=O)s1)N1C[C@@H]1c1ccccc1. The van der Waals surface area contributed by atoms with E-state index in [2.05, 4.69) is 42.2 Å². The lowest BCUT2D eigenvalue weighted by Crippen LogP contribution is -2.15. The van der Waals surface area contributed by atoms with Gasteiger partial charge in [-0.1, -0.05) is 30.3 Å². The molecule has 1 saturated heterocycles. The van der Waals surface area contributed by atoms with Crippen LogP contribution in [0.2, 0.25) is 0 Å². The lowest BCUT2D eigenvalue weighted by Gasteiger charge is -2.13. The zero-order valence-corrected chi connectivity index (χ0v) is 13.0. The van der Waals surface area contributed by atoms with E-state index in [1.54, 1.807) is 0 Å². The summed E-state index contributed by atoms with van der Waals surface area (Å²) >= 11 is 1.52. The molecule has 21 heavy (non-hydrogen) atoms. The number of thiophene rings is 1. The third-order valence-corrected chi connectivity index (χ3v) is 5.27. The summed E-state index contributed by atoms with van der Waals surface area (Å²) in [5, 5.41) is 0. The lowest BCUT2D eigenvalue weighted by molar-refractivity contribution is 0.100. The first-order valence-electron chi connectivity index (χ1n) is 7.34. The van der Waals surface area contributed by atoms with Gasteiger partial charge in [0.1, 0.15) is 0 Å². The molecule has 3 atom stereocenters. The second-order valence-corrected chi connectivity index (χ2v) is 6.81. The quantitative estimate of drug-likeness (QED) is 0.833. The van der Waals surface area contributed by atoms with E-state index in [1.807, 2.05) is 12.1 Å². The molecule has 1 aliphatic rings. The summed E-state index contributed by atoms with van der Waals surface area (Å²) in [6.45, 7) is 3.44. The standard InChI is InChI=1S/C17H20N2OS/c1-12(7-8-14-9-10-16(21-14)17(18)20)19-11-15(19)13-5-3-2-4-6-13/h2-6,9-10,12,15H,7-8,11H2,1H3,(H2,18,20)/t12-,15-,19?/m1/s1. The molecule has 1 aromatic carbocycles. The van der Waals surface area contributed by atoms with Crippen LogP contribution in [0, 0.1) is 0 Å². The van der Waals surface area contributed by atoms with Crippen molar-refractivity contribution in [2.24, 2.45) is 5.73 Å². The van der Waals surface area contributed by atoms with Crippen LogP contribution in [0.3, 0.4) is 0 Å². The summed E-state index contributed by atoms with van der Waals surface area (Å²) in [5.41, 5.74) is 6.70. The van der Waals surface area contributed by atoms with Crippen molar-refractivity contribution in [1.29, 1.82) is 0 Å². The fourth-order valence-electron chi connectivity index (χ4n) is 2.77. The highest BCUT2D eigenvalue weighted by Crippen LogP contribution is 2.37. The molecule has 0 aliphatic carbocycles.